The van der Waals surface area contributed by atoms with Gasteiger partial charge >= 0.3 is 0 Å². The van der Waals surface area contributed by atoms with Crippen LogP contribution in [0.3, 0.4) is 0 Å². The molecule has 1 radical (unpaired) electrons. The van der Waals surface area contributed by atoms with E-state index in [4.69, 9.17) is 0 Å². The number of hydrogen-bond acceptors (Lipinski definition) is 4. The van der Waals surface area contributed by atoms with E-state index in [1.165, 1.54) is 30.5 Å². The normalized spacial score (nSPS) is 10.9. The van der Waals surface area contributed by atoms with Crippen LogP contribution in [-0.4, -0.2) is 21.5 Å². The first-order chi connectivity index (χ1) is 8.56. The summed E-state index contributed by atoms with van der Waals surface area (Å²) in [6.45, 7) is 3.65. The van der Waals surface area contributed by atoms with Crippen molar-refractivity contribution in [2.45, 2.75) is 0 Å². The molecule has 91 valence electrons. The molecule has 0 aromatic heterocycles. The number of aromatic hydroxyl groups is 3. The molecule has 0 unspecified atom stereocenters. The third-order valence-electron chi connectivity index (χ3n) is 2.43. The molecule has 0 heterocycles. The molecular weight excluding hydrogens is 230 g/mol. The number of rotatable bonds is 2. The summed E-state index contributed by atoms with van der Waals surface area (Å²) in [6, 6.07) is 8.93. The Morgan fingerprint density at radius 3 is 2.39 bits per heavy atom. The van der Waals surface area contributed by atoms with Crippen LogP contribution in [0.5, 0.6) is 17.2 Å². The van der Waals surface area contributed by atoms with E-state index in [0.29, 0.717) is 16.8 Å². The summed E-state index contributed by atoms with van der Waals surface area (Å²) in [5.41, 5.74) is 1.49. The van der Waals surface area contributed by atoms with Crippen LogP contribution in [0.4, 0.5) is 5.69 Å². The van der Waals surface area contributed by atoms with Gasteiger partial charge < -0.3 is 15.3 Å². The average molecular weight is 242 g/mol. The summed E-state index contributed by atoms with van der Waals surface area (Å²) >= 11 is 0. The highest BCUT2D eigenvalue weighted by Crippen LogP contribution is 2.24. The topological polar surface area (TPSA) is 73.1 Å². The molecule has 0 saturated heterocycles. The Morgan fingerprint density at radius 2 is 1.67 bits per heavy atom. The van der Waals surface area contributed by atoms with Gasteiger partial charge in [0.2, 0.25) is 0 Å². The van der Waals surface area contributed by atoms with Crippen molar-refractivity contribution in [1.82, 2.24) is 0 Å². The largest absolute Gasteiger partial charge is 0.508 e. The molecule has 2 aromatic carbocycles. The summed E-state index contributed by atoms with van der Waals surface area (Å²) in [7, 11) is 0. The van der Waals surface area contributed by atoms with Gasteiger partial charge in [-0.15, -0.1) is 0 Å². The van der Waals surface area contributed by atoms with E-state index in [1.807, 2.05) is 0 Å². The predicted octanol–water partition coefficient (Wildman–Crippen LogP) is 2.74. The van der Waals surface area contributed by atoms with Gasteiger partial charge in [0.15, 0.2) is 0 Å². The van der Waals surface area contributed by atoms with E-state index in [2.05, 4.69) is 11.9 Å². The van der Waals surface area contributed by atoms with Crippen molar-refractivity contribution in [3.63, 3.8) is 0 Å². The van der Waals surface area contributed by atoms with Crippen molar-refractivity contribution >= 4 is 11.9 Å². The van der Waals surface area contributed by atoms with Gasteiger partial charge in [-0.3, -0.25) is 4.99 Å². The molecule has 3 N–H and O–H groups in total. The Bertz CT molecular complexity index is 606. The van der Waals surface area contributed by atoms with Crippen LogP contribution >= 0.6 is 0 Å². The maximum Gasteiger partial charge on any atom is 0.124 e. The molecule has 0 fully saturated rings. The van der Waals surface area contributed by atoms with Gasteiger partial charge in [0.05, 0.1) is 5.69 Å². The lowest BCUT2D eigenvalue weighted by Crippen LogP contribution is -1.82. The molecule has 0 saturated carbocycles. The lowest BCUT2D eigenvalue weighted by Gasteiger charge is -2.01. The van der Waals surface area contributed by atoms with Crippen LogP contribution in [0.1, 0.15) is 11.1 Å². The van der Waals surface area contributed by atoms with Crippen LogP contribution in [0.2, 0.25) is 0 Å². The number of hydrogen-bond donors (Lipinski definition) is 3. The van der Waals surface area contributed by atoms with E-state index >= 15 is 0 Å². The second-order valence-electron chi connectivity index (χ2n) is 3.81. The van der Waals surface area contributed by atoms with Crippen LogP contribution in [0.15, 0.2) is 41.4 Å². The fraction of sp³-hybridized carbons (Fsp3) is 0. The lowest BCUT2D eigenvalue weighted by molar-refractivity contribution is 0.459. The van der Waals surface area contributed by atoms with E-state index in [-0.39, 0.29) is 17.2 Å². The SMILES string of the molecule is [CH2]c1cc(/N=C/c2cc(O)ccc2O)ccc1O. The summed E-state index contributed by atoms with van der Waals surface area (Å²) in [6.07, 6.45) is 1.43. The Hall–Kier alpha value is -2.49. The third kappa shape index (κ3) is 2.60. The van der Waals surface area contributed by atoms with Crippen molar-refractivity contribution in [3.05, 3.63) is 54.4 Å². The molecule has 0 aliphatic heterocycles. The highest BCUT2D eigenvalue weighted by atomic mass is 16.3. The maximum absolute atomic E-state index is 9.56. The first-order valence-corrected chi connectivity index (χ1v) is 5.27. The van der Waals surface area contributed by atoms with Gasteiger partial charge in [0.1, 0.15) is 17.2 Å². The quantitative estimate of drug-likeness (QED) is 0.560. The first-order valence-electron chi connectivity index (χ1n) is 5.27. The highest BCUT2D eigenvalue weighted by Gasteiger charge is 2.00. The smallest absolute Gasteiger partial charge is 0.124 e. The first kappa shape index (κ1) is 12.0. The number of aliphatic imine (C=N–C) groups is 1. The van der Waals surface area contributed by atoms with E-state index in [0.717, 1.165) is 0 Å². The van der Waals surface area contributed by atoms with Crippen molar-refractivity contribution in [1.29, 1.82) is 0 Å². The monoisotopic (exact) mass is 242 g/mol. The Balaban J connectivity index is 2.29. The number of phenols is 3. The molecule has 0 amide bonds. The minimum Gasteiger partial charge on any atom is -0.508 e. The van der Waals surface area contributed by atoms with Gasteiger partial charge in [0, 0.05) is 11.8 Å². The molecule has 2 aromatic rings. The maximum atomic E-state index is 9.56. The summed E-state index contributed by atoms with van der Waals surface area (Å²) in [4.78, 5) is 4.13. The van der Waals surface area contributed by atoms with Gasteiger partial charge in [-0.1, -0.05) is 0 Å². The molecule has 18 heavy (non-hydrogen) atoms. The minimum atomic E-state index is 0.0326. The zero-order chi connectivity index (χ0) is 13.1. The predicted molar refractivity (Wildman–Crippen MR) is 69.6 cm³/mol. The van der Waals surface area contributed by atoms with E-state index in [1.54, 1.807) is 12.1 Å². The molecule has 0 bridgehead atoms. The van der Waals surface area contributed by atoms with Crippen LogP contribution in [0.25, 0.3) is 0 Å². The molecule has 4 heteroatoms. The number of benzene rings is 2. The van der Waals surface area contributed by atoms with Crippen molar-refractivity contribution in [2.75, 3.05) is 0 Å². The highest BCUT2D eigenvalue weighted by molar-refractivity contribution is 5.86. The minimum absolute atomic E-state index is 0.0326. The van der Waals surface area contributed by atoms with E-state index < -0.39 is 0 Å². The van der Waals surface area contributed by atoms with Gasteiger partial charge in [0.25, 0.3) is 0 Å². The van der Waals surface area contributed by atoms with Crippen LogP contribution in [0, 0.1) is 6.92 Å². The third-order valence-corrected chi connectivity index (χ3v) is 2.43. The Labute approximate surface area is 104 Å². The molecule has 0 aliphatic rings. The van der Waals surface area contributed by atoms with Crippen molar-refractivity contribution < 1.29 is 15.3 Å². The van der Waals surface area contributed by atoms with Crippen molar-refractivity contribution in [3.8, 4) is 17.2 Å². The molecular formula is C14H12NO3. The summed E-state index contributed by atoms with van der Waals surface area (Å²) in [5, 5.41) is 28.2. The molecule has 4 nitrogen and oxygen atoms in total. The van der Waals surface area contributed by atoms with Crippen LogP contribution < -0.4 is 0 Å². The van der Waals surface area contributed by atoms with Gasteiger partial charge in [-0.25, -0.2) is 0 Å². The second-order valence-corrected chi connectivity index (χ2v) is 3.81. The zero-order valence-corrected chi connectivity index (χ0v) is 9.54. The van der Waals surface area contributed by atoms with Crippen LogP contribution in [-0.2, 0) is 0 Å². The molecule has 0 atom stereocenters. The van der Waals surface area contributed by atoms with E-state index in [9.17, 15) is 15.3 Å². The Morgan fingerprint density at radius 1 is 0.944 bits per heavy atom. The zero-order valence-electron chi connectivity index (χ0n) is 9.54. The van der Waals surface area contributed by atoms with Gasteiger partial charge in [-0.05, 0) is 48.9 Å². The van der Waals surface area contributed by atoms with Gasteiger partial charge in [-0.2, -0.15) is 0 Å². The number of nitrogens with zero attached hydrogens (tertiary/aromatic N) is 1. The lowest BCUT2D eigenvalue weighted by atomic mass is 10.2. The molecule has 2 rings (SSSR count). The summed E-state index contributed by atoms with van der Waals surface area (Å²) < 4.78 is 0. The number of phenolic OH excluding ortho intramolecular Hbond substituents is 3. The second kappa shape index (κ2) is 4.79. The standard InChI is InChI=1S/C14H12NO3/c1-9-6-11(2-4-13(9)17)15-8-10-7-12(16)3-5-14(10)18/h2-8,16-18H,1H2/b15-8+. The van der Waals surface area contributed by atoms with Crippen molar-refractivity contribution in [2.24, 2.45) is 4.99 Å². The average Bonchev–Trinajstić information content (AvgIpc) is 2.34. The fourth-order valence-corrected chi connectivity index (χ4v) is 1.44. The molecule has 0 aliphatic carbocycles. The molecule has 0 spiro atoms. The Kier molecular flexibility index (Phi) is 3.19. The summed E-state index contributed by atoms with van der Waals surface area (Å²) in [5.74, 6) is 0.192. The fourth-order valence-electron chi connectivity index (χ4n) is 1.44.